The fourth-order valence-electron chi connectivity index (χ4n) is 1.79. The zero-order valence-corrected chi connectivity index (χ0v) is 13.3. The second-order valence-corrected chi connectivity index (χ2v) is 7.25. The van der Waals surface area contributed by atoms with Crippen molar-refractivity contribution in [3.05, 3.63) is 46.7 Å². The Bertz CT molecular complexity index is 669. The molecule has 1 aromatic heterocycles. The Morgan fingerprint density at radius 3 is 2.76 bits per heavy atom. The fourth-order valence-corrected chi connectivity index (χ4v) is 3.64. The molecule has 1 aromatic carbocycles. The van der Waals surface area contributed by atoms with E-state index in [0.29, 0.717) is 11.4 Å². The van der Waals surface area contributed by atoms with Crippen LogP contribution < -0.4 is 15.2 Å². The zero-order valence-electron chi connectivity index (χ0n) is 11.7. The first kappa shape index (κ1) is 15.8. The summed E-state index contributed by atoms with van der Waals surface area (Å²) >= 11 is 1.54. The summed E-state index contributed by atoms with van der Waals surface area (Å²) in [6, 6.07) is 8.66. The van der Waals surface area contributed by atoms with Crippen LogP contribution in [0.15, 0.2) is 41.1 Å². The Morgan fingerprint density at radius 2 is 2.10 bits per heavy atom. The molecule has 114 valence electrons. The third-order valence-electron chi connectivity index (χ3n) is 2.93. The van der Waals surface area contributed by atoms with Gasteiger partial charge < -0.3 is 10.5 Å². The van der Waals surface area contributed by atoms with Crippen molar-refractivity contribution < 1.29 is 13.2 Å². The Hall–Kier alpha value is -1.57. The quantitative estimate of drug-likeness (QED) is 0.766. The Balaban J connectivity index is 1.86. The number of nitrogens with two attached hydrogens (primary N) is 1. The minimum Gasteiger partial charge on any atom is -0.490 e. The highest BCUT2D eigenvalue weighted by Gasteiger charge is 2.16. The normalized spacial score (nSPS) is 13.0. The lowest BCUT2D eigenvalue weighted by atomic mass is 10.2. The molecule has 3 N–H and O–H groups in total. The van der Waals surface area contributed by atoms with E-state index in [1.807, 2.05) is 23.8 Å². The van der Waals surface area contributed by atoms with Gasteiger partial charge in [0.25, 0.3) is 0 Å². The van der Waals surface area contributed by atoms with Gasteiger partial charge in [-0.25, -0.2) is 13.1 Å². The van der Waals surface area contributed by atoms with E-state index in [1.54, 1.807) is 24.3 Å². The van der Waals surface area contributed by atoms with Crippen LogP contribution in [0.1, 0.15) is 18.5 Å². The van der Waals surface area contributed by atoms with Crippen LogP contribution in [0.4, 0.5) is 5.69 Å². The first-order valence-electron chi connectivity index (χ1n) is 6.47. The lowest BCUT2D eigenvalue weighted by Gasteiger charge is -2.14. The molecule has 2 rings (SSSR count). The Kier molecular flexibility index (Phi) is 5.22. The fraction of sp³-hybridized carbons (Fsp3) is 0.286. The van der Waals surface area contributed by atoms with Crippen LogP contribution in [0, 0.1) is 0 Å². The lowest BCUT2D eigenvalue weighted by Crippen LogP contribution is -2.31. The number of hydrogen-bond donors (Lipinski definition) is 2. The van der Waals surface area contributed by atoms with Crippen LogP contribution in [-0.4, -0.2) is 20.8 Å². The number of nitrogens with one attached hydrogen (secondary N) is 1. The average molecular weight is 326 g/mol. The number of ether oxygens (including phenoxy) is 1. The van der Waals surface area contributed by atoms with E-state index in [0.717, 1.165) is 5.56 Å². The van der Waals surface area contributed by atoms with Crippen LogP contribution in [0.5, 0.6) is 5.75 Å². The monoisotopic (exact) mass is 326 g/mol. The number of anilines is 1. The van der Waals surface area contributed by atoms with Gasteiger partial charge in [-0.15, -0.1) is 0 Å². The maximum Gasteiger partial charge on any atom is 0.215 e. The van der Waals surface area contributed by atoms with E-state index in [9.17, 15) is 8.42 Å². The van der Waals surface area contributed by atoms with Crippen molar-refractivity contribution >= 4 is 27.0 Å². The molecule has 21 heavy (non-hydrogen) atoms. The molecule has 0 radical (unpaired) electrons. The third-order valence-corrected chi connectivity index (χ3v) is 5.05. The van der Waals surface area contributed by atoms with Crippen LogP contribution in [-0.2, 0) is 10.0 Å². The van der Waals surface area contributed by atoms with Gasteiger partial charge in [-0.05, 0) is 41.4 Å². The Labute approximate surface area is 128 Å². The molecule has 7 heteroatoms. The number of rotatable bonds is 7. The van der Waals surface area contributed by atoms with Gasteiger partial charge in [-0.3, -0.25) is 0 Å². The molecular weight excluding hydrogens is 308 g/mol. The SMILES string of the molecule is CC(NS(=O)(=O)CCOc1ccccc1N)c1ccsc1. The van der Waals surface area contributed by atoms with E-state index in [-0.39, 0.29) is 18.4 Å². The number of nitrogen functional groups attached to an aromatic ring is 1. The standard InChI is InChI=1S/C14H18N2O3S2/c1-11(12-6-8-20-10-12)16-21(17,18)9-7-19-14-5-3-2-4-13(14)15/h2-6,8,10-11,16H,7,9,15H2,1H3. The van der Waals surface area contributed by atoms with Crippen molar-refractivity contribution in [1.29, 1.82) is 0 Å². The largest absolute Gasteiger partial charge is 0.490 e. The molecule has 0 saturated carbocycles. The van der Waals surface area contributed by atoms with Crippen molar-refractivity contribution in [2.24, 2.45) is 0 Å². The maximum absolute atomic E-state index is 12.0. The van der Waals surface area contributed by atoms with Gasteiger partial charge in [-0.2, -0.15) is 11.3 Å². The summed E-state index contributed by atoms with van der Waals surface area (Å²) in [4.78, 5) is 0. The van der Waals surface area contributed by atoms with E-state index in [1.165, 1.54) is 11.3 Å². The van der Waals surface area contributed by atoms with Gasteiger partial charge in [0, 0.05) is 6.04 Å². The molecular formula is C14H18N2O3S2. The molecule has 0 aliphatic heterocycles. The van der Waals surface area contributed by atoms with Gasteiger partial charge >= 0.3 is 0 Å². The molecule has 2 aromatic rings. The first-order valence-corrected chi connectivity index (χ1v) is 9.07. The molecule has 0 bridgehead atoms. The van der Waals surface area contributed by atoms with E-state index in [4.69, 9.17) is 10.5 Å². The first-order chi connectivity index (χ1) is 9.98. The summed E-state index contributed by atoms with van der Waals surface area (Å²) in [7, 11) is -3.40. The smallest absolute Gasteiger partial charge is 0.215 e. The van der Waals surface area contributed by atoms with Crippen molar-refractivity contribution in [1.82, 2.24) is 4.72 Å². The van der Waals surface area contributed by atoms with Gasteiger partial charge in [0.1, 0.15) is 12.4 Å². The third kappa shape index (κ3) is 4.73. The average Bonchev–Trinajstić information content (AvgIpc) is 2.94. The van der Waals surface area contributed by atoms with E-state index < -0.39 is 10.0 Å². The number of benzene rings is 1. The number of hydrogen-bond acceptors (Lipinski definition) is 5. The van der Waals surface area contributed by atoms with Crippen LogP contribution in [0.25, 0.3) is 0 Å². The van der Waals surface area contributed by atoms with Gasteiger partial charge in [0.15, 0.2) is 0 Å². The van der Waals surface area contributed by atoms with Gasteiger partial charge in [0.2, 0.25) is 10.0 Å². The van der Waals surface area contributed by atoms with Crippen molar-refractivity contribution in [2.75, 3.05) is 18.1 Å². The zero-order chi connectivity index (χ0) is 15.3. The highest BCUT2D eigenvalue weighted by molar-refractivity contribution is 7.89. The molecule has 1 atom stereocenters. The number of sulfonamides is 1. The Morgan fingerprint density at radius 1 is 1.33 bits per heavy atom. The van der Waals surface area contributed by atoms with Crippen molar-refractivity contribution in [3.8, 4) is 5.75 Å². The summed E-state index contributed by atoms with van der Waals surface area (Å²) in [6.45, 7) is 1.87. The van der Waals surface area contributed by atoms with Crippen LogP contribution in [0.2, 0.25) is 0 Å². The molecule has 0 fully saturated rings. The number of para-hydroxylation sites is 2. The summed E-state index contributed by atoms with van der Waals surface area (Å²) in [5.41, 5.74) is 7.18. The molecule has 0 saturated heterocycles. The summed E-state index contributed by atoms with van der Waals surface area (Å²) < 4.78 is 32.0. The number of thiophene rings is 1. The maximum atomic E-state index is 12.0. The molecule has 0 amide bonds. The highest BCUT2D eigenvalue weighted by Crippen LogP contribution is 2.20. The summed E-state index contributed by atoms with van der Waals surface area (Å²) in [5, 5.41) is 3.84. The second kappa shape index (κ2) is 6.93. The lowest BCUT2D eigenvalue weighted by molar-refractivity contribution is 0.342. The van der Waals surface area contributed by atoms with Gasteiger partial charge in [-0.1, -0.05) is 12.1 Å². The van der Waals surface area contributed by atoms with Crippen molar-refractivity contribution in [2.45, 2.75) is 13.0 Å². The predicted molar refractivity (Wildman–Crippen MR) is 86.0 cm³/mol. The highest BCUT2D eigenvalue weighted by atomic mass is 32.2. The molecule has 1 unspecified atom stereocenters. The predicted octanol–water partition coefficient (Wildman–Crippen LogP) is 2.39. The topological polar surface area (TPSA) is 81.4 Å². The molecule has 0 spiro atoms. The van der Waals surface area contributed by atoms with Crippen LogP contribution in [0.3, 0.4) is 0 Å². The minimum absolute atomic E-state index is 0.0555. The molecule has 0 aliphatic carbocycles. The summed E-state index contributed by atoms with van der Waals surface area (Å²) in [6.07, 6.45) is 0. The molecule has 0 aliphatic rings. The van der Waals surface area contributed by atoms with Crippen LogP contribution >= 0.6 is 11.3 Å². The second-order valence-electron chi connectivity index (χ2n) is 4.60. The van der Waals surface area contributed by atoms with E-state index in [2.05, 4.69) is 4.72 Å². The van der Waals surface area contributed by atoms with Gasteiger partial charge in [0.05, 0.1) is 11.4 Å². The minimum atomic E-state index is -3.40. The molecule has 1 heterocycles. The van der Waals surface area contributed by atoms with E-state index >= 15 is 0 Å². The summed E-state index contributed by atoms with van der Waals surface area (Å²) in [5.74, 6) is 0.383. The van der Waals surface area contributed by atoms with Crippen molar-refractivity contribution in [3.63, 3.8) is 0 Å². The molecule has 5 nitrogen and oxygen atoms in total.